The maximum absolute atomic E-state index is 5.75. The second-order valence-corrected chi connectivity index (χ2v) is 7.85. The molecule has 1 aliphatic heterocycles. The number of nitrogens with one attached hydrogen (secondary N) is 1. The normalized spacial score (nSPS) is 21.2. The Bertz CT molecular complexity index is 514. The molecule has 0 amide bonds. The van der Waals surface area contributed by atoms with Gasteiger partial charge in [0.1, 0.15) is 0 Å². The van der Waals surface area contributed by atoms with Crippen LogP contribution in [0.4, 0.5) is 0 Å². The predicted molar refractivity (Wildman–Crippen MR) is 108 cm³/mol. The summed E-state index contributed by atoms with van der Waals surface area (Å²) >= 11 is 5.75. The molecule has 2 heterocycles. The monoisotopic (exact) mass is 360 g/mol. The first-order chi connectivity index (χ1) is 12.3. The van der Waals surface area contributed by atoms with Gasteiger partial charge in [-0.05, 0) is 49.2 Å². The molecule has 0 bridgehead atoms. The Morgan fingerprint density at radius 3 is 2.44 bits per heavy atom. The van der Waals surface area contributed by atoms with Gasteiger partial charge in [-0.15, -0.1) is 0 Å². The molecule has 0 aromatic carbocycles. The van der Waals surface area contributed by atoms with E-state index < -0.39 is 0 Å². The fourth-order valence-corrected chi connectivity index (χ4v) is 4.29. The van der Waals surface area contributed by atoms with Crippen LogP contribution in [-0.2, 0) is 6.54 Å². The zero-order chi connectivity index (χ0) is 17.3. The van der Waals surface area contributed by atoms with Crippen molar-refractivity contribution in [3.63, 3.8) is 0 Å². The number of hydrogen-bond acceptors (Lipinski definition) is 3. The highest BCUT2D eigenvalue weighted by Crippen LogP contribution is 2.17. The third-order valence-corrected chi connectivity index (χ3v) is 5.84. The second-order valence-electron chi connectivity index (χ2n) is 7.46. The Hall–Kier alpha value is -1.20. The average Bonchev–Trinajstić information content (AvgIpc) is 2.84. The van der Waals surface area contributed by atoms with Crippen molar-refractivity contribution >= 4 is 17.3 Å². The van der Waals surface area contributed by atoms with Gasteiger partial charge in [-0.2, -0.15) is 0 Å². The van der Waals surface area contributed by atoms with E-state index in [1.165, 1.54) is 56.9 Å². The number of thiocarbonyl (C=S) groups is 1. The van der Waals surface area contributed by atoms with Crippen molar-refractivity contribution in [3.05, 3.63) is 30.1 Å². The Morgan fingerprint density at radius 1 is 0.960 bits per heavy atom. The first kappa shape index (κ1) is 18.6. The van der Waals surface area contributed by atoms with E-state index in [2.05, 4.69) is 32.2 Å². The van der Waals surface area contributed by atoms with Crippen LogP contribution in [0.25, 0.3) is 0 Å². The summed E-state index contributed by atoms with van der Waals surface area (Å²) in [7, 11) is 0. The topological polar surface area (TPSA) is 31.4 Å². The van der Waals surface area contributed by atoms with Crippen molar-refractivity contribution in [2.75, 3.05) is 26.2 Å². The van der Waals surface area contributed by atoms with Crippen LogP contribution in [0.15, 0.2) is 24.5 Å². The SMILES string of the molecule is S=C(NC1CCCCCCC1)N1CCCN(Cc2ccncc2)CC1. The molecule has 2 aliphatic rings. The van der Waals surface area contributed by atoms with Crippen LogP contribution in [0.5, 0.6) is 0 Å². The van der Waals surface area contributed by atoms with E-state index in [9.17, 15) is 0 Å². The van der Waals surface area contributed by atoms with Gasteiger partial charge in [-0.25, -0.2) is 0 Å². The van der Waals surface area contributed by atoms with E-state index in [1.54, 1.807) is 0 Å². The molecule has 25 heavy (non-hydrogen) atoms. The Balaban J connectivity index is 1.45. The molecule has 2 fully saturated rings. The summed E-state index contributed by atoms with van der Waals surface area (Å²) in [5, 5.41) is 4.66. The Morgan fingerprint density at radius 2 is 1.68 bits per heavy atom. The van der Waals surface area contributed by atoms with Gasteiger partial charge in [-0.3, -0.25) is 9.88 Å². The average molecular weight is 361 g/mol. The molecule has 4 nitrogen and oxygen atoms in total. The van der Waals surface area contributed by atoms with Gasteiger partial charge in [0.15, 0.2) is 5.11 Å². The van der Waals surface area contributed by atoms with Gasteiger partial charge in [-0.1, -0.05) is 32.1 Å². The maximum Gasteiger partial charge on any atom is 0.169 e. The summed E-state index contributed by atoms with van der Waals surface area (Å²) in [6, 6.07) is 4.82. The molecule has 1 N–H and O–H groups in total. The summed E-state index contributed by atoms with van der Waals surface area (Å²) in [6.45, 7) is 5.34. The standard InChI is InChI=1S/C20H32N4S/c25-20(22-19-7-4-2-1-3-5-8-19)24-14-6-13-23(15-16-24)17-18-9-11-21-12-10-18/h9-12,19H,1-8,13-17H2,(H,22,25). The lowest BCUT2D eigenvalue weighted by Crippen LogP contribution is -2.46. The first-order valence-electron chi connectivity index (χ1n) is 9.98. The molecule has 1 saturated heterocycles. The molecule has 0 unspecified atom stereocenters. The van der Waals surface area contributed by atoms with Crippen molar-refractivity contribution < 1.29 is 0 Å². The number of hydrogen-bond donors (Lipinski definition) is 1. The van der Waals surface area contributed by atoms with E-state index in [-0.39, 0.29) is 0 Å². The summed E-state index contributed by atoms with van der Waals surface area (Å²) < 4.78 is 0. The van der Waals surface area contributed by atoms with Crippen molar-refractivity contribution in [1.82, 2.24) is 20.1 Å². The van der Waals surface area contributed by atoms with Crippen LogP contribution in [-0.4, -0.2) is 52.1 Å². The number of pyridine rings is 1. The maximum atomic E-state index is 5.75. The number of aromatic nitrogens is 1. The highest BCUT2D eigenvalue weighted by Gasteiger charge is 2.19. The smallest absolute Gasteiger partial charge is 0.169 e. The lowest BCUT2D eigenvalue weighted by Gasteiger charge is -2.29. The van der Waals surface area contributed by atoms with Gasteiger partial charge in [0.25, 0.3) is 0 Å². The van der Waals surface area contributed by atoms with Crippen LogP contribution >= 0.6 is 12.2 Å². The molecule has 1 aromatic heterocycles. The zero-order valence-electron chi connectivity index (χ0n) is 15.3. The van der Waals surface area contributed by atoms with Crippen LogP contribution in [0.2, 0.25) is 0 Å². The predicted octanol–water partition coefficient (Wildman–Crippen LogP) is 3.58. The molecule has 1 saturated carbocycles. The molecule has 3 rings (SSSR count). The van der Waals surface area contributed by atoms with E-state index >= 15 is 0 Å². The van der Waals surface area contributed by atoms with Crippen LogP contribution in [0.3, 0.4) is 0 Å². The van der Waals surface area contributed by atoms with Crippen LogP contribution in [0.1, 0.15) is 56.9 Å². The minimum atomic E-state index is 0.587. The lowest BCUT2D eigenvalue weighted by molar-refractivity contribution is 0.277. The first-order valence-corrected chi connectivity index (χ1v) is 10.4. The molecule has 5 heteroatoms. The third-order valence-electron chi connectivity index (χ3n) is 5.46. The van der Waals surface area contributed by atoms with Gasteiger partial charge in [0.2, 0.25) is 0 Å². The number of rotatable bonds is 3. The van der Waals surface area contributed by atoms with Gasteiger partial charge >= 0.3 is 0 Å². The van der Waals surface area contributed by atoms with E-state index in [0.29, 0.717) is 6.04 Å². The molecule has 0 spiro atoms. The molecule has 138 valence electrons. The van der Waals surface area contributed by atoms with Crippen LogP contribution < -0.4 is 5.32 Å². The van der Waals surface area contributed by atoms with E-state index in [0.717, 1.165) is 37.8 Å². The van der Waals surface area contributed by atoms with Gasteiger partial charge < -0.3 is 10.2 Å². The molecule has 1 aliphatic carbocycles. The summed E-state index contributed by atoms with van der Waals surface area (Å²) in [6.07, 6.45) is 14.4. The van der Waals surface area contributed by atoms with Gasteiger partial charge in [0.05, 0.1) is 0 Å². The minimum absolute atomic E-state index is 0.587. The summed E-state index contributed by atoms with van der Waals surface area (Å²) in [5.74, 6) is 0. The van der Waals surface area contributed by atoms with E-state index in [1.807, 2.05) is 12.4 Å². The molecule has 0 radical (unpaired) electrons. The van der Waals surface area contributed by atoms with Crippen molar-refractivity contribution in [2.24, 2.45) is 0 Å². The summed E-state index contributed by atoms with van der Waals surface area (Å²) in [5.41, 5.74) is 1.35. The lowest BCUT2D eigenvalue weighted by atomic mass is 9.97. The minimum Gasteiger partial charge on any atom is -0.360 e. The molecular weight excluding hydrogens is 328 g/mol. The van der Waals surface area contributed by atoms with Crippen molar-refractivity contribution in [2.45, 2.75) is 64.0 Å². The zero-order valence-corrected chi connectivity index (χ0v) is 16.1. The van der Waals surface area contributed by atoms with Crippen LogP contribution in [0, 0.1) is 0 Å². The molecular formula is C20H32N4S. The molecule has 1 aromatic rings. The fourth-order valence-electron chi connectivity index (χ4n) is 3.94. The number of nitrogens with zero attached hydrogens (tertiary/aromatic N) is 3. The molecule has 0 atom stereocenters. The largest absolute Gasteiger partial charge is 0.360 e. The van der Waals surface area contributed by atoms with Crippen molar-refractivity contribution in [3.8, 4) is 0 Å². The Kier molecular flexibility index (Phi) is 7.49. The van der Waals surface area contributed by atoms with Gasteiger partial charge in [0, 0.05) is 51.2 Å². The highest BCUT2D eigenvalue weighted by molar-refractivity contribution is 7.80. The fraction of sp³-hybridized carbons (Fsp3) is 0.700. The highest BCUT2D eigenvalue weighted by atomic mass is 32.1. The van der Waals surface area contributed by atoms with E-state index in [4.69, 9.17) is 12.2 Å². The quantitative estimate of drug-likeness (QED) is 0.833. The Labute approximate surface area is 158 Å². The van der Waals surface area contributed by atoms with Crippen molar-refractivity contribution in [1.29, 1.82) is 0 Å². The second kappa shape index (κ2) is 10.1. The summed E-state index contributed by atoms with van der Waals surface area (Å²) in [4.78, 5) is 9.03. The third kappa shape index (κ3) is 6.23.